The third kappa shape index (κ3) is 6.15. The molecule has 10 heavy (non-hydrogen) atoms. The summed E-state index contributed by atoms with van der Waals surface area (Å²) in [5, 5.41) is 9.22. The molecule has 0 amide bonds. The van der Waals surface area contributed by atoms with E-state index in [2.05, 4.69) is 13.8 Å². The fourth-order valence-electron chi connectivity index (χ4n) is 0.928. The van der Waals surface area contributed by atoms with E-state index in [1.54, 1.807) is 0 Å². The highest BCUT2D eigenvalue weighted by Crippen LogP contribution is 2.00. The second-order valence-electron chi connectivity index (χ2n) is 2.73. The van der Waals surface area contributed by atoms with E-state index in [0.29, 0.717) is 0 Å². The van der Waals surface area contributed by atoms with E-state index >= 15 is 0 Å². The minimum absolute atomic E-state index is 0.156. The molecule has 2 heteroatoms. The van der Waals surface area contributed by atoms with Gasteiger partial charge in [0, 0.05) is 6.00 Å². The van der Waals surface area contributed by atoms with Gasteiger partial charge in [-0.2, -0.15) is 0 Å². The Morgan fingerprint density at radius 2 is 2.00 bits per heavy atom. The molecule has 1 unspecified atom stereocenters. The topological polar surface area (TPSA) is 20.2 Å². The van der Waals surface area contributed by atoms with Crippen LogP contribution in [0, 0.1) is 0 Å². The molecule has 0 aromatic heterocycles. The standard InChI is InChI=1S/C8H18BO/c1-3-5-7-9-8(10)6-4-2/h8,10H,3-7H2,1-2H3. The molecule has 0 aromatic carbocycles. The minimum atomic E-state index is -0.156. The van der Waals surface area contributed by atoms with Crippen molar-refractivity contribution in [3.05, 3.63) is 0 Å². The van der Waals surface area contributed by atoms with E-state index in [-0.39, 0.29) is 6.00 Å². The van der Waals surface area contributed by atoms with Crippen molar-refractivity contribution in [1.29, 1.82) is 0 Å². The molecule has 1 N–H and O–H groups in total. The zero-order valence-electron chi connectivity index (χ0n) is 7.14. The van der Waals surface area contributed by atoms with Crippen LogP contribution in [0.5, 0.6) is 0 Å². The van der Waals surface area contributed by atoms with Gasteiger partial charge in [-0.3, -0.25) is 0 Å². The number of hydrogen-bond donors (Lipinski definition) is 1. The summed E-state index contributed by atoms with van der Waals surface area (Å²) in [5.41, 5.74) is 0. The van der Waals surface area contributed by atoms with Crippen LogP contribution in [0.2, 0.25) is 6.32 Å². The minimum Gasteiger partial charge on any atom is -0.402 e. The third-order valence-corrected chi connectivity index (χ3v) is 1.58. The Kier molecular flexibility index (Phi) is 7.15. The van der Waals surface area contributed by atoms with Crippen LogP contribution >= 0.6 is 0 Å². The average Bonchev–Trinajstić information content (AvgIpc) is 1.89. The van der Waals surface area contributed by atoms with Crippen LogP contribution in [0.15, 0.2) is 0 Å². The molecule has 0 aliphatic heterocycles. The number of aliphatic hydroxyl groups excluding tert-OH is 1. The Morgan fingerprint density at radius 1 is 1.30 bits per heavy atom. The van der Waals surface area contributed by atoms with Gasteiger partial charge in [-0.15, -0.1) is 0 Å². The van der Waals surface area contributed by atoms with E-state index in [1.807, 2.05) is 7.28 Å². The zero-order chi connectivity index (χ0) is 7.82. The van der Waals surface area contributed by atoms with Gasteiger partial charge in [-0.05, 0) is 6.42 Å². The van der Waals surface area contributed by atoms with Crippen LogP contribution in [-0.2, 0) is 0 Å². The lowest BCUT2D eigenvalue weighted by atomic mass is 9.66. The van der Waals surface area contributed by atoms with Crippen LogP contribution in [0.25, 0.3) is 0 Å². The van der Waals surface area contributed by atoms with Crippen LogP contribution < -0.4 is 0 Å². The summed E-state index contributed by atoms with van der Waals surface area (Å²) in [6, 6.07) is -0.156. The summed E-state index contributed by atoms with van der Waals surface area (Å²) < 4.78 is 0. The zero-order valence-corrected chi connectivity index (χ0v) is 7.14. The molecule has 0 spiro atoms. The molecule has 1 nitrogen and oxygen atoms in total. The number of hydrogen-bond acceptors (Lipinski definition) is 1. The Labute approximate surface area is 65.1 Å². The first-order valence-electron chi connectivity index (χ1n) is 4.32. The lowest BCUT2D eigenvalue weighted by Crippen LogP contribution is -2.14. The molecule has 0 fully saturated rings. The first-order valence-corrected chi connectivity index (χ1v) is 4.32. The van der Waals surface area contributed by atoms with E-state index < -0.39 is 0 Å². The van der Waals surface area contributed by atoms with Gasteiger partial charge < -0.3 is 5.11 Å². The maximum atomic E-state index is 9.22. The lowest BCUT2D eigenvalue weighted by molar-refractivity contribution is 0.239. The van der Waals surface area contributed by atoms with Crippen molar-refractivity contribution in [2.75, 3.05) is 0 Å². The van der Waals surface area contributed by atoms with Crippen molar-refractivity contribution in [1.82, 2.24) is 0 Å². The van der Waals surface area contributed by atoms with Gasteiger partial charge in [0.05, 0.1) is 0 Å². The Morgan fingerprint density at radius 3 is 2.50 bits per heavy atom. The summed E-state index contributed by atoms with van der Waals surface area (Å²) in [7, 11) is 2.02. The van der Waals surface area contributed by atoms with Crippen molar-refractivity contribution in [2.24, 2.45) is 0 Å². The fourth-order valence-corrected chi connectivity index (χ4v) is 0.928. The highest BCUT2D eigenvalue weighted by Gasteiger charge is 2.02. The largest absolute Gasteiger partial charge is 0.402 e. The fraction of sp³-hybridized carbons (Fsp3) is 1.00. The van der Waals surface area contributed by atoms with Gasteiger partial charge in [0.1, 0.15) is 7.28 Å². The molecule has 0 aliphatic rings. The van der Waals surface area contributed by atoms with Gasteiger partial charge in [0.25, 0.3) is 0 Å². The van der Waals surface area contributed by atoms with Gasteiger partial charge in [0.2, 0.25) is 0 Å². The Hall–Kier alpha value is 0.0249. The molecular weight excluding hydrogens is 123 g/mol. The number of unbranched alkanes of at least 4 members (excludes halogenated alkanes) is 1. The maximum Gasteiger partial charge on any atom is 0.149 e. The molecule has 0 rings (SSSR count). The van der Waals surface area contributed by atoms with E-state index in [9.17, 15) is 5.11 Å². The Bertz CT molecular complexity index is 66.3. The number of rotatable bonds is 6. The first-order chi connectivity index (χ1) is 4.81. The second-order valence-corrected chi connectivity index (χ2v) is 2.73. The lowest BCUT2D eigenvalue weighted by Gasteiger charge is -2.05. The highest BCUT2D eigenvalue weighted by molar-refractivity contribution is 6.36. The average molecular weight is 141 g/mol. The molecule has 1 radical (unpaired) electrons. The summed E-state index contributed by atoms with van der Waals surface area (Å²) in [6.07, 6.45) is 5.49. The van der Waals surface area contributed by atoms with Gasteiger partial charge in [-0.1, -0.05) is 39.4 Å². The van der Waals surface area contributed by atoms with E-state index in [1.165, 1.54) is 12.8 Å². The predicted octanol–water partition coefficient (Wildman–Crippen LogP) is 2.03. The van der Waals surface area contributed by atoms with Crippen LogP contribution in [0.4, 0.5) is 0 Å². The molecule has 0 aromatic rings. The van der Waals surface area contributed by atoms with Gasteiger partial charge >= 0.3 is 0 Å². The molecule has 0 aliphatic carbocycles. The van der Waals surface area contributed by atoms with E-state index in [4.69, 9.17) is 0 Å². The van der Waals surface area contributed by atoms with Crippen molar-refractivity contribution >= 4 is 7.28 Å². The van der Waals surface area contributed by atoms with Crippen LogP contribution in [0.3, 0.4) is 0 Å². The molecular formula is C8H18BO. The maximum absolute atomic E-state index is 9.22. The smallest absolute Gasteiger partial charge is 0.149 e. The predicted molar refractivity (Wildman–Crippen MR) is 46.4 cm³/mol. The van der Waals surface area contributed by atoms with Gasteiger partial charge in [-0.25, -0.2) is 0 Å². The summed E-state index contributed by atoms with van der Waals surface area (Å²) in [5.74, 6) is 0. The van der Waals surface area contributed by atoms with E-state index in [0.717, 1.165) is 19.2 Å². The second kappa shape index (κ2) is 7.14. The molecule has 0 saturated heterocycles. The van der Waals surface area contributed by atoms with Gasteiger partial charge in [0.15, 0.2) is 0 Å². The van der Waals surface area contributed by atoms with Crippen molar-refractivity contribution < 1.29 is 5.11 Å². The van der Waals surface area contributed by atoms with Crippen molar-refractivity contribution in [2.45, 2.75) is 51.9 Å². The monoisotopic (exact) mass is 141 g/mol. The highest BCUT2D eigenvalue weighted by atomic mass is 16.3. The molecule has 0 bridgehead atoms. The molecule has 59 valence electrons. The summed E-state index contributed by atoms with van der Waals surface area (Å²) in [6.45, 7) is 4.26. The molecule has 0 saturated carbocycles. The quantitative estimate of drug-likeness (QED) is 0.443. The molecule has 1 atom stereocenters. The van der Waals surface area contributed by atoms with Crippen LogP contribution in [-0.4, -0.2) is 18.4 Å². The molecule has 0 heterocycles. The van der Waals surface area contributed by atoms with Crippen molar-refractivity contribution in [3.8, 4) is 0 Å². The third-order valence-electron chi connectivity index (χ3n) is 1.58. The SMILES string of the molecule is CCCC[B]C(O)CCC. The Balaban J connectivity index is 2.97. The first kappa shape index (κ1) is 10.0. The summed E-state index contributed by atoms with van der Waals surface area (Å²) >= 11 is 0. The number of aliphatic hydroxyl groups is 1. The van der Waals surface area contributed by atoms with Crippen molar-refractivity contribution in [3.63, 3.8) is 0 Å². The normalized spacial score (nSPS) is 13.1. The summed E-state index contributed by atoms with van der Waals surface area (Å²) in [4.78, 5) is 0. The van der Waals surface area contributed by atoms with Crippen LogP contribution in [0.1, 0.15) is 39.5 Å².